The molecular weight excluding hydrogens is 382 g/mol. The minimum absolute atomic E-state index is 0.0209. The van der Waals surface area contributed by atoms with Crippen LogP contribution in [0.1, 0.15) is 39.0 Å². The summed E-state index contributed by atoms with van der Waals surface area (Å²) in [5, 5.41) is 13.1. The van der Waals surface area contributed by atoms with Crippen LogP contribution in [0.4, 0.5) is 5.95 Å². The number of thioether (sulfide) groups is 1. The smallest absolute Gasteiger partial charge is 0.232 e. The SMILES string of the molecule is CCCCCNC(=O)CSc1nnc(N2CCCC2)n1-c1ccccc1Cl. The number of nitrogens with one attached hydrogen (secondary N) is 1. The Bertz CT molecular complexity index is 760. The lowest BCUT2D eigenvalue weighted by molar-refractivity contribution is -0.118. The van der Waals surface area contributed by atoms with E-state index in [-0.39, 0.29) is 5.91 Å². The molecule has 1 amide bonds. The molecule has 0 spiro atoms. The molecule has 0 unspecified atom stereocenters. The van der Waals surface area contributed by atoms with Gasteiger partial charge in [0, 0.05) is 19.6 Å². The summed E-state index contributed by atoms with van der Waals surface area (Å²) in [4.78, 5) is 14.4. The molecule has 1 aromatic heterocycles. The van der Waals surface area contributed by atoms with Crippen molar-refractivity contribution in [3.05, 3.63) is 29.3 Å². The molecule has 1 aliphatic heterocycles. The zero-order chi connectivity index (χ0) is 19.1. The first kappa shape index (κ1) is 20.0. The number of rotatable bonds is 9. The van der Waals surface area contributed by atoms with Crippen LogP contribution in [0.3, 0.4) is 0 Å². The first-order valence-corrected chi connectivity index (χ1v) is 10.9. The highest BCUT2D eigenvalue weighted by atomic mass is 35.5. The third-order valence-electron chi connectivity index (χ3n) is 4.53. The van der Waals surface area contributed by atoms with Crippen LogP contribution < -0.4 is 10.2 Å². The fourth-order valence-electron chi connectivity index (χ4n) is 3.11. The fourth-order valence-corrected chi connectivity index (χ4v) is 4.10. The monoisotopic (exact) mass is 407 g/mol. The van der Waals surface area contributed by atoms with E-state index in [4.69, 9.17) is 11.6 Å². The fraction of sp³-hybridized carbons (Fsp3) is 0.526. The summed E-state index contributed by atoms with van der Waals surface area (Å²) in [5.74, 6) is 1.13. The molecule has 146 valence electrons. The summed E-state index contributed by atoms with van der Waals surface area (Å²) < 4.78 is 1.97. The Kier molecular flexibility index (Phi) is 7.41. The Morgan fingerprint density at radius 1 is 1.22 bits per heavy atom. The number of benzene rings is 1. The molecule has 1 saturated heterocycles. The molecule has 1 N–H and O–H groups in total. The van der Waals surface area contributed by atoms with Gasteiger partial charge in [-0.1, -0.05) is 55.3 Å². The van der Waals surface area contributed by atoms with Crippen molar-refractivity contribution in [1.82, 2.24) is 20.1 Å². The largest absolute Gasteiger partial charge is 0.355 e. The van der Waals surface area contributed by atoms with E-state index in [0.717, 1.165) is 63.4 Å². The highest BCUT2D eigenvalue weighted by Crippen LogP contribution is 2.31. The van der Waals surface area contributed by atoms with E-state index in [0.29, 0.717) is 15.9 Å². The van der Waals surface area contributed by atoms with E-state index in [1.807, 2.05) is 28.8 Å². The van der Waals surface area contributed by atoms with Crippen LogP contribution in [0.25, 0.3) is 5.69 Å². The first-order chi connectivity index (χ1) is 13.2. The average molecular weight is 408 g/mol. The number of carbonyl (C=O) groups is 1. The highest BCUT2D eigenvalue weighted by Gasteiger charge is 2.23. The van der Waals surface area contributed by atoms with Gasteiger partial charge in [-0.3, -0.25) is 9.36 Å². The Morgan fingerprint density at radius 3 is 2.74 bits per heavy atom. The van der Waals surface area contributed by atoms with Gasteiger partial charge in [0.15, 0.2) is 5.16 Å². The van der Waals surface area contributed by atoms with Gasteiger partial charge in [-0.25, -0.2) is 0 Å². The maximum Gasteiger partial charge on any atom is 0.232 e. The third kappa shape index (κ3) is 5.17. The van der Waals surface area contributed by atoms with Crippen molar-refractivity contribution >= 4 is 35.2 Å². The normalized spacial score (nSPS) is 13.9. The molecule has 3 rings (SSSR count). The summed E-state index contributed by atoms with van der Waals surface area (Å²) in [6.45, 7) is 4.80. The van der Waals surface area contributed by atoms with Gasteiger partial charge in [-0.2, -0.15) is 0 Å². The zero-order valence-electron chi connectivity index (χ0n) is 15.7. The van der Waals surface area contributed by atoms with Crippen LogP contribution in [0.5, 0.6) is 0 Å². The van der Waals surface area contributed by atoms with Gasteiger partial charge in [0.2, 0.25) is 11.9 Å². The molecule has 1 aromatic carbocycles. The number of para-hydroxylation sites is 1. The zero-order valence-corrected chi connectivity index (χ0v) is 17.2. The second-order valence-electron chi connectivity index (χ2n) is 6.61. The number of aromatic nitrogens is 3. The van der Waals surface area contributed by atoms with E-state index in [2.05, 4.69) is 27.3 Å². The number of halogens is 1. The number of amides is 1. The standard InChI is InChI=1S/C19H26ClN5OS/c1-2-3-6-11-21-17(26)14-27-19-23-22-18(24-12-7-8-13-24)25(19)16-10-5-4-9-15(16)20/h4-5,9-10H,2-3,6-8,11-14H2,1H3,(H,21,26). The minimum atomic E-state index is 0.0209. The van der Waals surface area contributed by atoms with Crippen LogP contribution in [0.2, 0.25) is 5.02 Å². The van der Waals surface area contributed by atoms with Crippen molar-refractivity contribution in [1.29, 1.82) is 0 Å². The van der Waals surface area contributed by atoms with Gasteiger partial charge in [0.05, 0.1) is 16.5 Å². The molecule has 0 radical (unpaired) electrons. The summed E-state index contributed by atoms with van der Waals surface area (Å²) >= 11 is 7.84. The lowest BCUT2D eigenvalue weighted by Gasteiger charge is -2.19. The van der Waals surface area contributed by atoms with E-state index < -0.39 is 0 Å². The van der Waals surface area contributed by atoms with E-state index in [1.54, 1.807) is 0 Å². The molecule has 0 atom stereocenters. The van der Waals surface area contributed by atoms with E-state index >= 15 is 0 Å². The molecule has 2 aromatic rings. The third-order valence-corrected chi connectivity index (χ3v) is 5.78. The summed E-state index contributed by atoms with van der Waals surface area (Å²) in [6, 6.07) is 7.67. The molecule has 1 aliphatic rings. The summed E-state index contributed by atoms with van der Waals surface area (Å²) in [5.41, 5.74) is 0.844. The lowest BCUT2D eigenvalue weighted by atomic mass is 10.2. The van der Waals surface area contributed by atoms with Gasteiger partial charge in [-0.05, 0) is 31.4 Å². The van der Waals surface area contributed by atoms with Crippen LogP contribution in [0.15, 0.2) is 29.4 Å². The van der Waals surface area contributed by atoms with Gasteiger partial charge in [0.1, 0.15) is 0 Å². The van der Waals surface area contributed by atoms with Crippen molar-refractivity contribution in [2.24, 2.45) is 0 Å². The van der Waals surface area contributed by atoms with Crippen molar-refractivity contribution in [3.8, 4) is 5.69 Å². The predicted octanol–water partition coefficient (Wildman–Crippen LogP) is 3.92. The molecule has 2 heterocycles. The molecule has 0 aliphatic carbocycles. The Hall–Kier alpha value is -1.73. The van der Waals surface area contributed by atoms with E-state index in [9.17, 15) is 4.79 Å². The Balaban J connectivity index is 1.75. The molecule has 27 heavy (non-hydrogen) atoms. The maximum absolute atomic E-state index is 12.1. The van der Waals surface area contributed by atoms with Crippen molar-refractivity contribution in [3.63, 3.8) is 0 Å². The van der Waals surface area contributed by atoms with Gasteiger partial charge >= 0.3 is 0 Å². The Labute approximate surface area is 169 Å². The molecule has 8 heteroatoms. The molecular formula is C19H26ClN5OS. The number of anilines is 1. The van der Waals surface area contributed by atoms with Crippen LogP contribution >= 0.6 is 23.4 Å². The average Bonchev–Trinajstić information content (AvgIpc) is 3.33. The van der Waals surface area contributed by atoms with Gasteiger partial charge < -0.3 is 10.2 Å². The number of unbranched alkanes of at least 4 members (excludes halogenated alkanes) is 2. The number of nitrogens with zero attached hydrogens (tertiary/aromatic N) is 4. The first-order valence-electron chi connectivity index (χ1n) is 9.55. The van der Waals surface area contributed by atoms with Crippen molar-refractivity contribution in [2.75, 3.05) is 30.3 Å². The molecule has 6 nitrogen and oxygen atoms in total. The van der Waals surface area contributed by atoms with Crippen molar-refractivity contribution < 1.29 is 4.79 Å². The predicted molar refractivity (Wildman–Crippen MR) is 111 cm³/mol. The van der Waals surface area contributed by atoms with Crippen LogP contribution in [-0.4, -0.2) is 46.1 Å². The quantitative estimate of drug-likeness (QED) is 0.504. The molecule has 0 bridgehead atoms. The van der Waals surface area contributed by atoms with Crippen molar-refractivity contribution in [2.45, 2.75) is 44.2 Å². The Morgan fingerprint density at radius 2 is 2.00 bits per heavy atom. The molecule has 1 fully saturated rings. The number of carbonyl (C=O) groups excluding carboxylic acids is 1. The second-order valence-corrected chi connectivity index (χ2v) is 7.96. The second kappa shape index (κ2) is 9.99. The number of hydrogen-bond donors (Lipinski definition) is 1. The van der Waals surface area contributed by atoms with Gasteiger partial charge in [0.25, 0.3) is 0 Å². The maximum atomic E-state index is 12.1. The summed E-state index contributed by atoms with van der Waals surface area (Å²) in [7, 11) is 0. The van der Waals surface area contributed by atoms with E-state index in [1.165, 1.54) is 11.8 Å². The lowest BCUT2D eigenvalue weighted by Crippen LogP contribution is -2.26. The van der Waals surface area contributed by atoms with Crippen LogP contribution in [0, 0.1) is 0 Å². The topological polar surface area (TPSA) is 63.1 Å². The molecule has 0 saturated carbocycles. The summed E-state index contributed by atoms with van der Waals surface area (Å²) in [6.07, 6.45) is 5.59. The number of hydrogen-bond acceptors (Lipinski definition) is 5. The minimum Gasteiger partial charge on any atom is -0.355 e. The van der Waals surface area contributed by atoms with Gasteiger partial charge in [-0.15, -0.1) is 10.2 Å². The highest BCUT2D eigenvalue weighted by molar-refractivity contribution is 7.99. The van der Waals surface area contributed by atoms with Crippen LogP contribution in [-0.2, 0) is 4.79 Å².